The van der Waals surface area contributed by atoms with E-state index in [-0.39, 0.29) is 6.03 Å². The number of hydrogen-bond acceptors (Lipinski definition) is 3. The standard InChI is InChI=1S/C21H26N2O3/c1-2-25-18-12-10-17(11-13-18)23-21(24)22-14-15-26-20-9-5-7-16-6-3-4-8-19(16)20/h5,7,9-13H,2-4,6,8,14-15H2,1H3,(H2,22,23,24). The number of anilines is 1. The van der Waals surface area contributed by atoms with Gasteiger partial charge in [-0.2, -0.15) is 0 Å². The van der Waals surface area contributed by atoms with Gasteiger partial charge in [-0.05, 0) is 74.1 Å². The van der Waals surface area contributed by atoms with Crippen LogP contribution in [0.1, 0.15) is 30.9 Å². The summed E-state index contributed by atoms with van der Waals surface area (Å²) in [7, 11) is 0. The van der Waals surface area contributed by atoms with E-state index in [0.29, 0.717) is 19.8 Å². The van der Waals surface area contributed by atoms with Gasteiger partial charge in [0.1, 0.15) is 18.1 Å². The van der Waals surface area contributed by atoms with E-state index in [0.717, 1.165) is 30.0 Å². The quantitative estimate of drug-likeness (QED) is 0.734. The molecule has 1 aliphatic rings. The van der Waals surface area contributed by atoms with Gasteiger partial charge in [-0.15, -0.1) is 0 Å². The highest BCUT2D eigenvalue weighted by Gasteiger charge is 2.13. The van der Waals surface area contributed by atoms with Gasteiger partial charge in [0.15, 0.2) is 0 Å². The van der Waals surface area contributed by atoms with Gasteiger partial charge in [0.05, 0.1) is 13.2 Å². The smallest absolute Gasteiger partial charge is 0.319 e. The van der Waals surface area contributed by atoms with Crippen LogP contribution in [0.2, 0.25) is 0 Å². The van der Waals surface area contributed by atoms with E-state index in [2.05, 4.69) is 16.7 Å². The molecule has 0 aromatic heterocycles. The zero-order valence-corrected chi connectivity index (χ0v) is 15.2. The summed E-state index contributed by atoms with van der Waals surface area (Å²) in [5.74, 6) is 1.74. The molecular weight excluding hydrogens is 328 g/mol. The molecule has 3 rings (SSSR count). The van der Waals surface area contributed by atoms with Crippen LogP contribution >= 0.6 is 0 Å². The number of hydrogen-bond donors (Lipinski definition) is 2. The number of fused-ring (bicyclic) bond motifs is 1. The number of rotatable bonds is 7. The van der Waals surface area contributed by atoms with Gasteiger partial charge < -0.3 is 20.1 Å². The fraction of sp³-hybridized carbons (Fsp3) is 0.381. The minimum atomic E-state index is -0.243. The first-order chi connectivity index (χ1) is 12.8. The topological polar surface area (TPSA) is 59.6 Å². The molecule has 0 unspecified atom stereocenters. The van der Waals surface area contributed by atoms with E-state index in [1.54, 1.807) is 0 Å². The van der Waals surface area contributed by atoms with E-state index >= 15 is 0 Å². The summed E-state index contributed by atoms with van der Waals surface area (Å²) in [5, 5.41) is 5.61. The number of aryl methyl sites for hydroxylation is 1. The summed E-state index contributed by atoms with van der Waals surface area (Å²) >= 11 is 0. The molecule has 5 heteroatoms. The molecule has 2 N–H and O–H groups in total. The maximum Gasteiger partial charge on any atom is 0.319 e. The maximum absolute atomic E-state index is 12.0. The van der Waals surface area contributed by atoms with Gasteiger partial charge in [0.25, 0.3) is 0 Å². The SMILES string of the molecule is CCOc1ccc(NC(=O)NCCOc2cccc3c2CCCC3)cc1. The lowest BCUT2D eigenvalue weighted by Gasteiger charge is -2.19. The second kappa shape index (κ2) is 9.13. The Morgan fingerprint density at radius 3 is 2.65 bits per heavy atom. The Hall–Kier alpha value is -2.69. The van der Waals surface area contributed by atoms with Crippen LogP contribution in [0.15, 0.2) is 42.5 Å². The van der Waals surface area contributed by atoms with Gasteiger partial charge in [0.2, 0.25) is 0 Å². The molecule has 2 amide bonds. The fourth-order valence-corrected chi connectivity index (χ4v) is 3.18. The third-order valence-electron chi connectivity index (χ3n) is 4.42. The summed E-state index contributed by atoms with van der Waals surface area (Å²) < 4.78 is 11.3. The molecule has 2 aromatic carbocycles. The van der Waals surface area contributed by atoms with Crippen LogP contribution in [0.3, 0.4) is 0 Å². The number of urea groups is 1. The van der Waals surface area contributed by atoms with Crippen molar-refractivity contribution in [3.05, 3.63) is 53.6 Å². The Balaban J connectivity index is 1.41. The lowest BCUT2D eigenvalue weighted by molar-refractivity contribution is 0.247. The van der Waals surface area contributed by atoms with Crippen molar-refractivity contribution in [1.29, 1.82) is 0 Å². The van der Waals surface area contributed by atoms with Gasteiger partial charge in [-0.1, -0.05) is 12.1 Å². The van der Waals surface area contributed by atoms with Crippen LogP contribution in [-0.2, 0) is 12.8 Å². The summed E-state index contributed by atoms with van der Waals surface area (Å²) in [6.45, 7) is 3.46. The lowest BCUT2D eigenvalue weighted by atomic mass is 9.91. The third kappa shape index (κ3) is 4.91. The molecule has 0 heterocycles. The molecule has 0 radical (unpaired) electrons. The van der Waals surface area contributed by atoms with Crippen LogP contribution in [0.25, 0.3) is 0 Å². The van der Waals surface area contributed by atoms with Crippen LogP contribution in [0.4, 0.5) is 10.5 Å². The van der Waals surface area contributed by atoms with Crippen molar-refractivity contribution in [3.63, 3.8) is 0 Å². The number of benzene rings is 2. The predicted molar refractivity (Wildman–Crippen MR) is 103 cm³/mol. The molecule has 1 aliphatic carbocycles. The van der Waals surface area contributed by atoms with Gasteiger partial charge in [-0.25, -0.2) is 4.79 Å². The Morgan fingerprint density at radius 1 is 1.04 bits per heavy atom. The summed E-state index contributed by atoms with van der Waals surface area (Å²) in [5.41, 5.74) is 3.46. The largest absolute Gasteiger partial charge is 0.494 e. The minimum absolute atomic E-state index is 0.243. The molecule has 0 saturated heterocycles. The second-order valence-electron chi connectivity index (χ2n) is 6.29. The van der Waals surface area contributed by atoms with Crippen molar-refractivity contribution < 1.29 is 14.3 Å². The first kappa shape index (κ1) is 18.1. The molecule has 26 heavy (non-hydrogen) atoms. The average molecular weight is 354 g/mol. The Morgan fingerprint density at radius 2 is 1.85 bits per heavy atom. The Labute approximate surface area is 154 Å². The highest BCUT2D eigenvalue weighted by Crippen LogP contribution is 2.29. The van der Waals surface area contributed by atoms with Crippen LogP contribution in [0, 0.1) is 0 Å². The van der Waals surface area contributed by atoms with Crippen molar-refractivity contribution >= 4 is 11.7 Å². The number of carbonyl (C=O) groups is 1. The number of amides is 2. The van der Waals surface area contributed by atoms with Crippen molar-refractivity contribution in [3.8, 4) is 11.5 Å². The van der Waals surface area contributed by atoms with E-state index in [4.69, 9.17) is 9.47 Å². The van der Waals surface area contributed by atoms with Gasteiger partial charge in [-0.3, -0.25) is 0 Å². The van der Waals surface area contributed by atoms with Crippen LogP contribution < -0.4 is 20.1 Å². The highest BCUT2D eigenvalue weighted by atomic mass is 16.5. The summed E-state index contributed by atoms with van der Waals surface area (Å²) in [4.78, 5) is 12.0. The molecular formula is C21H26N2O3. The molecule has 0 aliphatic heterocycles. The zero-order chi connectivity index (χ0) is 18.2. The maximum atomic E-state index is 12.0. The Bertz CT molecular complexity index is 729. The first-order valence-electron chi connectivity index (χ1n) is 9.27. The van der Waals surface area contributed by atoms with E-state index in [9.17, 15) is 4.79 Å². The summed E-state index contributed by atoms with van der Waals surface area (Å²) in [6, 6.07) is 13.3. The van der Waals surface area contributed by atoms with Crippen molar-refractivity contribution in [2.24, 2.45) is 0 Å². The molecule has 0 fully saturated rings. The van der Waals surface area contributed by atoms with Crippen molar-refractivity contribution in [1.82, 2.24) is 5.32 Å². The van der Waals surface area contributed by atoms with Crippen LogP contribution in [-0.4, -0.2) is 25.8 Å². The molecule has 5 nitrogen and oxygen atoms in total. The first-order valence-corrected chi connectivity index (χ1v) is 9.27. The Kier molecular flexibility index (Phi) is 6.36. The van der Waals surface area contributed by atoms with Gasteiger partial charge >= 0.3 is 6.03 Å². The molecule has 2 aromatic rings. The van der Waals surface area contributed by atoms with E-state index in [1.165, 1.54) is 24.0 Å². The monoisotopic (exact) mass is 354 g/mol. The normalized spacial score (nSPS) is 12.8. The molecule has 0 saturated carbocycles. The number of ether oxygens (including phenoxy) is 2. The highest BCUT2D eigenvalue weighted by molar-refractivity contribution is 5.89. The molecule has 138 valence electrons. The van der Waals surface area contributed by atoms with E-state index < -0.39 is 0 Å². The van der Waals surface area contributed by atoms with Gasteiger partial charge in [0, 0.05) is 5.69 Å². The third-order valence-corrected chi connectivity index (χ3v) is 4.42. The van der Waals surface area contributed by atoms with Crippen LogP contribution in [0.5, 0.6) is 11.5 Å². The fourth-order valence-electron chi connectivity index (χ4n) is 3.18. The molecule has 0 atom stereocenters. The van der Waals surface area contributed by atoms with E-state index in [1.807, 2.05) is 43.3 Å². The average Bonchev–Trinajstić information content (AvgIpc) is 2.67. The molecule has 0 spiro atoms. The number of nitrogens with one attached hydrogen (secondary N) is 2. The lowest BCUT2D eigenvalue weighted by Crippen LogP contribution is -2.32. The zero-order valence-electron chi connectivity index (χ0n) is 15.2. The second-order valence-corrected chi connectivity index (χ2v) is 6.29. The molecule has 0 bridgehead atoms. The van der Waals surface area contributed by atoms with Crippen molar-refractivity contribution in [2.45, 2.75) is 32.6 Å². The minimum Gasteiger partial charge on any atom is -0.494 e. The van der Waals surface area contributed by atoms with Crippen molar-refractivity contribution in [2.75, 3.05) is 25.1 Å². The summed E-state index contributed by atoms with van der Waals surface area (Å²) in [6.07, 6.45) is 4.69. The number of carbonyl (C=O) groups excluding carboxylic acids is 1. The predicted octanol–water partition coefficient (Wildman–Crippen LogP) is 4.16.